The normalized spacial score (nSPS) is 29.5. The van der Waals surface area contributed by atoms with E-state index >= 15 is 0 Å². The lowest BCUT2D eigenvalue weighted by atomic mass is 9.91. The van der Waals surface area contributed by atoms with Crippen molar-refractivity contribution in [3.63, 3.8) is 0 Å². The van der Waals surface area contributed by atoms with Gasteiger partial charge >= 0.3 is 0 Å². The summed E-state index contributed by atoms with van der Waals surface area (Å²) in [7, 11) is 1.66. The number of ether oxygens (including phenoxy) is 2. The zero-order valence-electron chi connectivity index (χ0n) is 15.5. The van der Waals surface area contributed by atoms with Crippen LogP contribution in [0.1, 0.15) is 44.1 Å². The van der Waals surface area contributed by atoms with E-state index < -0.39 is 0 Å². The van der Waals surface area contributed by atoms with Gasteiger partial charge in [-0.25, -0.2) is 4.98 Å². The van der Waals surface area contributed by atoms with Gasteiger partial charge in [0.2, 0.25) is 11.8 Å². The van der Waals surface area contributed by atoms with Crippen molar-refractivity contribution in [1.29, 1.82) is 0 Å². The lowest BCUT2D eigenvalue weighted by Gasteiger charge is -2.34. The fourth-order valence-corrected chi connectivity index (χ4v) is 4.64. The summed E-state index contributed by atoms with van der Waals surface area (Å²) in [5, 5.41) is 3.19. The van der Waals surface area contributed by atoms with Gasteiger partial charge in [-0.3, -0.25) is 9.69 Å². The van der Waals surface area contributed by atoms with E-state index in [2.05, 4.69) is 21.3 Å². The lowest BCUT2D eigenvalue weighted by Crippen LogP contribution is -2.42. The van der Waals surface area contributed by atoms with Crippen LogP contribution in [0.15, 0.2) is 18.3 Å². The molecule has 142 valence electrons. The summed E-state index contributed by atoms with van der Waals surface area (Å²) in [4.78, 5) is 19.2. The number of methoxy groups -OCH3 is 1. The van der Waals surface area contributed by atoms with Gasteiger partial charge in [-0.15, -0.1) is 0 Å². The van der Waals surface area contributed by atoms with Gasteiger partial charge in [-0.1, -0.05) is 18.9 Å². The first-order valence-electron chi connectivity index (χ1n) is 9.89. The molecule has 3 fully saturated rings. The second kappa shape index (κ2) is 7.92. The number of carbonyl (C=O) groups is 1. The predicted octanol–water partition coefficient (Wildman–Crippen LogP) is 2.13. The largest absolute Gasteiger partial charge is 0.481 e. The Kier molecular flexibility index (Phi) is 5.41. The van der Waals surface area contributed by atoms with E-state index in [1.165, 1.54) is 12.8 Å². The van der Waals surface area contributed by atoms with E-state index in [9.17, 15) is 4.79 Å². The number of nitrogens with zero attached hydrogens (tertiary/aromatic N) is 2. The first kappa shape index (κ1) is 17.7. The summed E-state index contributed by atoms with van der Waals surface area (Å²) in [6.07, 6.45) is 8.29. The van der Waals surface area contributed by atoms with Crippen LogP contribution in [0.25, 0.3) is 0 Å². The van der Waals surface area contributed by atoms with Crippen LogP contribution >= 0.6 is 0 Å². The predicted molar refractivity (Wildman–Crippen MR) is 97.8 cm³/mol. The fraction of sp³-hybridized carbons (Fsp3) is 0.700. The number of likely N-dealkylation sites (tertiary alicyclic amines) is 1. The quantitative estimate of drug-likeness (QED) is 0.873. The molecule has 0 unspecified atom stereocenters. The summed E-state index contributed by atoms with van der Waals surface area (Å²) in [5.74, 6) is 1.30. The van der Waals surface area contributed by atoms with Gasteiger partial charge in [0.15, 0.2) is 0 Å². The maximum absolute atomic E-state index is 12.5. The SMILES string of the molecule is COc1ncccc1CN1CC[C@H]2C[C@@H](C(=O)NC3CCCC3)O[C@@H]2C1. The molecule has 6 nitrogen and oxygen atoms in total. The summed E-state index contributed by atoms with van der Waals surface area (Å²) in [6, 6.07) is 4.37. The highest BCUT2D eigenvalue weighted by molar-refractivity contribution is 5.81. The Morgan fingerprint density at radius 3 is 3.04 bits per heavy atom. The molecule has 26 heavy (non-hydrogen) atoms. The summed E-state index contributed by atoms with van der Waals surface area (Å²) in [6.45, 7) is 2.71. The number of piperidine rings is 1. The van der Waals surface area contributed by atoms with E-state index in [0.29, 0.717) is 17.8 Å². The van der Waals surface area contributed by atoms with Crippen molar-refractivity contribution in [2.45, 2.75) is 63.3 Å². The topological polar surface area (TPSA) is 63.7 Å². The first-order chi connectivity index (χ1) is 12.7. The molecule has 6 heteroatoms. The molecule has 3 atom stereocenters. The number of hydrogen-bond donors (Lipinski definition) is 1. The molecule has 0 radical (unpaired) electrons. The van der Waals surface area contributed by atoms with Gasteiger partial charge in [0, 0.05) is 30.9 Å². The molecule has 4 rings (SSSR count). The van der Waals surface area contributed by atoms with E-state index in [0.717, 1.165) is 50.9 Å². The highest BCUT2D eigenvalue weighted by atomic mass is 16.5. The average Bonchev–Trinajstić information content (AvgIpc) is 3.31. The summed E-state index contributed by atoms with van der Waals surface area (Å²) in [5.41, 5.74) is 1.10. The van der Waals surface area contributed by atoms with Crippen molar-refractivity contribution in [1.82, 2.24) is 15.2 Å². The van der Waals surface area contributed by atoms with Gasteiger partial charge in [-0.2, -0.15) is 0 Å². The number of carbonyl (C=O) groups excluding carboxylic acids is 1. The van der Waals surface area contributed by atoms with Crippen molar-refractivity contribution in [3.8, 4) is 5.88 Å². The number of amides is 1. The average molecular weight is 359 g/mol. The van der Waals surface area contributed by atoms with E-state index in [1.54, 1.807) is 13.3 Å². The van der Waals surface area contributed by atoms with Gasteiger partial charge in [-0.05, 0) is 44.2 Å². The van der Waals surface area contributed by atoms with Gasteiger partial charge < -0.3 is 14.8 Å². The molecule has 2 aliphatic heterocycles. The van der Waals surface area contributed by atoms with Crippen LogP contribution in [0.3, 0.4) is 0 Å². The zero-order chi connectivity index (χ0) is 17.9. The summed E-state index contributed by atoms with van der Waals surface area (Å²) < 4.78 is 11.5. The Balaban J connectivity index is 1.32. The Labute approximate surface area is 155 Å². The Morgan fingerprint density at radius 2 is 2.23 bits per heavy atom. The third kappa shape index (κ3) is 3.86. The molecule has 1 N–H and O–H groups in total. The van der Waals surface area contributed by atoms with Crippen molar-refractivity contribution < 1.29 is 14.3 Å². The Morgan fingerprint density at radius 1 is 1.38 bits per heavy atom. The standard InChI is InChI=1S/C20H29N3O3/c1-25-20-15(5-4-9-21-20)12-23-10-8-14-11-17(26-18(14)13-23)19(24)22-16-6-2-3-7-16/h4-5,9,14,16-18H,2-3,6-8,10-13H2,1H3,(H,22,24)/t14-,17-,18+/m0/s1. The number of hydrogen-bond acceptors (Lipinski definition) is 5. The molecule has 2 saturated heterocycles. The third-order valence-electron chi connectivity index (χ3n) is 6.07. The molecule has 0 bridgehead atoms. The number of aromatic nitrogens is 1. The zero-order valence-corrected chi connectivity index (χ0v) is 15.5. The maximum Gasteiger partial charge on any atom is 0.249 e. The molecule has 1 amide bonds. The van der Waals surface area contributed by atoms with Gasteiger partial charge in [0.25, 0.3) is 0 Å². The van der Waals surface area contributed by atoms with Crippen LogP contribution in [-0.2, 0) is 16.1 Å². The minimum Gasteiger partial charge on any atom is -0.481 e. The first-order valence-corrected chi connectivity index (χ1v) is 9.89. The van der Waals surface area contributed by atoms with Crippen LogP contribution in [0.4, 0.5) is 0 Å². The molecule has 0 aromatic carbocycles. The molecular weight excluding hydrogens is 330 g/mol. The van der Waals surface area contributed by atoms with Crippen LogP contribution < -0.4 is 10.1 Å². The number of rotatable bonds is 5. The number of pyridine rings is 1. The van der Waals surface area contributed by atoms with Crippen LogP contribution in [0.5, 0.6) is 5.88 Å². The van der Waals surface area contributed by atoms with Crippen molar-refractivity contribution in [2.75, 3.05) is 20.2 Å². The number of fused-ring (bicyclic) bond motifs is 1. The Hall–Kier alpha value is -1.66. The number of nitrogens with one attached hydrogen (secondary N) is 1. The van der Waals surface area contributed by atoms with Crippen LogP contribution in [-0.4, -0.2) is 54.2 Å². The maximum atomic E-state index is 12.5. The Bertz CT molecular complexity index is 632. The smallest absolute Gasteiger partial charge is 0.249 e. The van der Waals surface area contributed by atoms with Crippen molar-refractivity contribution >= 4 is 5.91 Å². The molecular formula is C20H29N3O3. The molecule has 1 aliphatic carbocycles. The van der Waals surface area contributed by atoms with E-state index in [4.69, 9.17) is 9.47 Å². The molecule has 3 aliphatic rings. The lowest BCUT2D eigenvalue weighted by molar-refractivity contribution is -0.133. The van der Waals surface area contributed by atoms with Crippen LogP contribution in [0, 0.1) is 5.92 Å². The monoisotopic (exact) mass is 359 g/mol. The molecule has 3 heterocycles. The van der Waals surface area contributed by atoms with Gasteiger partial charge in [0.05, 0.1) is 13.2 Å². The highest BCUT2D eigenvalue weighted by Crippen LogP contribution is 2.34. The van der Waals surface area contributed by atoms with Crippen molar-refractivity contribution in [2.24, 2.45) is 5.92 Å². The van der Waals surface area contributed by atoms with Crippen LogP contribution in [0.2, 0.25) is 0 Å². The molecule has 0 spiro atoms. The molecule has 1 saturated carbocycles. The third-order valence-corrected chi connectivity index (χ3v) is 6.07. The van der Waals surface area contributed by atoms with E-state index in [1.807, 2.05) is 6.07 Å². The fourth-order valence-electron chi connectivity index (χ4n) is 4.64. The minimum absolute atomic E-state index is 0.103. The minimum atomic E-state index is -0.265. The second-order valence-corrected chi connectivity index (χ2v) is 7.84. The highest BCUT2D eigenvalue weighted by Gasteiger charge is 2.42. The van der Waals surface area contributed by atoms with E-state index in [-0.39, 0.29) is 18.1 Å². The molecule has 1 aromatic heterocycles. The van der Waals surface area contributed by atoms with Crippen molar-refractivity contribution in [3.05, 3.63) is 23.9 Å². The van der Waals surface area contributed by atoms with Gasteiger partial charge in [0.1, 0.15) is 6.10 Å². The second-order valence-electron chi connectivity index (χ2n) is 7.84. The summed E-state index contributed by atoms with van der Waals surface area (Å²) >= 11 is 0. The molecule has 1 aromatic rings.